The van der Waals surface area contributed by atoms with Crippen molar-refractivity contribution >= 4 is 24.8 Å². The zero-order valence-electron chi connectivity index (χ0n) is 12.1. The van der Waals surface area contributed by atoms with Gasteiger partial charge >= 0.3 is 7.82 Å². The van der Waals surface area contributed by atoms with E-state index in [1.54, 1.807) is 16.7 Å². The van der Waals surface area contributed by atoms with Gasteiger partial charge in [-0.2, -0.15) is 0 Å². The Labute approximate surface area is 135 Å². The Hall–Kier alpha value is -1.88. The number of aromatic nitrogens is 4. The maximum atomic E-state index is 10.9. The molecule has 2 aromatic heterocycles. The molecule has 128 valence electrons. The van der Waals surface area contributed by atoms with E-state index in [0.29, 0.717) is 11.2 Å². The third kappa shape index (κ3) is 2.18. The third-order valence-electron chi connectivity index (χ3n) is 4.25. The predicted molar refractivity (Wildman–Crippen MR) is 79.2 cm³/mol. The van der Waals surface area contributed by atoms with Crippen LogP contribution in [-0.2, 0) is 19.6 Å². The van der Waals surface area contributed by atoms with Crippen molar-refractivity contribution in [2.45, 2.75) is 17.9 Å². The van der Waals surface area contributed by atoms with Crippen LogP contribution in [0.4, 0.5) is 5.82 Å². The highest BCUT2D eigenvalue weighted by atomic mass is 31.2. The molecule has 2 aromatic rings. The molecule has 2 aliphatic rings. The van der Waals surface area contributed by atoms with Crippen molar-refractivity contribution in [1.82, 2.24) is 19.5 Å². The molecular formula is C12H14N5O6P. The highest BCUT2D eigenvalue weighted by Crippen LogP contribution is 2.50. The fourth-order valence-corrected chi connectivity index (χ4v) is 3.44. The van der Waals surface area contributed by atoms with Crippen LogP contribution in [0.5, 0.6) is 0 Å². The number of hydrogen-bond donors (Lipinski definition) is 4. The summed E-state index contributed by atoms with van der Waals surface area (Å²) in [7, 11) is -4.66. The lowest BCUT2D eigenvalue weighted by Gasteiger charge is -2.38. The van der Waals surface area contributed by atoms with Gasteiger partial charge in [-0.1, -0.05) is 6.08 Å². The van der Waals surface area contributed by atoms with E-state index in [9.17, 15) is 9.67 Å². The van der Waals surface area contributed by atoms with Gasteiger partial charge in [-0.3, -0.25) is 9.09 Å². The number of fused-ring (bicyclic) bond motifs is 2. The summed E-state index contributed by atoms with van der Waals surface area (Å²) < 4.78 is 22.8. The van der Waals surface area contributed by atoms with Gasteiger partial charge in [0.25, 0.3) is 0 Å². The lowest BCUT2D eigenvalue weighted by molar-refractivity contribution is -0.0974. The molecule has 1 aliphatic carbocycles. The van der Waals surface area contributed by atoms with Crippen LogP contribution in [0, 0.1) is 5.92 Å². The lowest BCUT2D eigenvalue weighted by Crippen LogP contribution is -2.44. The SMILES string of the molecule is Nc1ncnc2c1ncn2[C@@]12C=C[C@@H]1[C@H](O)[C@@H](COP(=O)(O)O)O2. The molecule has 12 heteroatoms. The van der Waals surface area contributed by atoms with Crippen molar-refractivity contribution in [1.29, 1.82) is 0 Å². The van der Waals surface area contributed by atoms with Gasteiger partial charge in [-0.15, -0.1) is 0 Å². The van der Waals surface area contributed by atoms with E-state index >= 15 is 0 Å². The molecule has 4 rings (SSSR count). The summed E-state index contributed by atoms with van der Waals surface area (Å²) in [6, 6.07) is 0. The molecule has 0 saturated carbocycles. The molecule has 4 atom stereocenters. The lowest BCUT2D eigenvalue weighted by atomic mass is 9.81. The topological polar surface area (TPSA) is 166 Å². The number of hydrogen-bond acceptors (Lipinski definition) is 8. The van der Waals surface area contributed by atoms with Crippen molar-refractivity contribution in [3.8, 4) is 0 Å². The number of ether oxygens (including phenoxy) is 1. The van der Waals surface area contributed by atoms with Gasteiger partial charge in [0.2, 0.25) is 0 Å². The van der Waals surface area contributed by atoms with Gasteiger partial charge in [0.15, 0.2) is 17.2 Å². The smallest absolute Gasteiger partial charge is 0.389 e. The standard InChI is InChI=1S/C12H14N5O6P/c13-10-8-11(15-4-14-10)17(5-16-8)12-2-1-6(12)9(18)7(23-12)3-22-24(19,20)21/h1-2,4-7,9,18H,3H2,(H2,13,14,15)(H2,19,20,21)/t6-,7-,9+,12-/m1/s1. The van der Waals surface area contributed by atoms with Crippen molar-refractivity contribution < 1.29 is 28.7 Å². The van der Waals surface area contributed by atoms with E-state index in [1.165, 1.54) is 12.7 Å². The normalized spacial score (nSPS) is 32.0. The van der Waals surface area contributed by atoms with E-state index in [-0.39, 0.29) is 5.82 Å². The first kappa shape index (κ1) is 15.6. The number of anilines is 1. The molecule has 1 aliphatic heterocycles. The van der Waals surface area contributed by atoms with Crippen molar-refractivity contribution in [3.63, 3.8) is 0 Å². The summed E-state index contributed by atoms with van der Waals surface area (Å²) in [6.07, 6.45) is 4.32. The van der Waals surface area contributed by atoms with Gasteiger partial charge in [0.05, 0.1) is 25.0 Å². The highest BCUT2D eigenvalue weighted by molar-refractivity contribution is 7.46. The summed E-state index contributed by atoms with van der Waals surface area (Å²) >= 11 is 0. The Kier molecular flexibility index (Phi) is 3.29. The first-order valence-corrected chi connectivity index (χ1v) is 8.54. The first-order valence-electron chi connectivity index (χ1n) is 7.01. The molecule has 0 radical (unpaired) electrons. The van der Waals surface area contributed by atoms with Crippen LogP contribution in [0.1, 0.15) is 0 Å². The Morgan fingerprint density at radius 2 is 2.21 bits per heavy atom. The molecule has 0 bridgehead atoms. The highest BCUT2D eigenvalue weighted by Gasteiger charge is 2.58. The van der Waals surface area contributed by atoms with Gasteiger partial charge in [0, 0.05) is 0 Å². The number of phosphoric acid groups is 1. The number of imidazole rings is 1. The molecule has 3 heterocycles. The Balaban J connectivity index is 1.69. The van der Waals surface area contributed by atoms with Crippen LogP contribution >= 0.6 is 7.82 Å². The van der Waals surface area contributed by atoms with Gasteiger partial charge in [-0.05, 0) is 6.08 Å². The number of nitrogen functional groups attached to an aromatic ring is 1. The minimum absolute atomic E-state index is 0.218. The van der Waals surface area contributed by atoms with Crippen LogP contribution in [0.25, 0.3) is 11.2 Å². The maximum Gasteiger partial charge on any atom is 0.469 e. The first-order chi connectivity index (χ1) is 11.3. The molecule has 0 unspecified atom stereocenters. The van der Waals surface area contributed by atoms with E-state index in [0.717, 1.165) is 0 Å². The van der Waals surface area contributed by atoms with Crippen LogP contribution in [0.3, 0.4) is 0 Å². The Morgan fingerprint density at radius 3 is 2.88 bits per heavy atom. The average Bonchev–Trinajstić information content (AvgIpc) is 2.97. The number of aliphatic hydroxyl groups excluding tert-OH is 1. The summed E-state index contributed by atoms with van der Waals surface area (Å²) in [5, 5.41) is 10.4. The van der Waals surface area contributed by atoms with Gasteiger partial charge in [-0.25, -0.2) is 19.5 Å². The summed E-state index contributed by atoms with van der Waals surface area (Å²) in [5.74, 6) is -0.216. The molecule has 0 aromatic carbocycles. The molecule has 24 heavy (non-hydrogen) atoms. The van der Waals surface area contributed by atoms with Crippen LogP contribution in [-0.4, -0.2) is 53.2 Å². The number of rotatable bonds is 4. The fourth-order valence-electron chi connectivity index (χ4n) is 3.10. The average molecular weight is 355 g/mol. The van der Waals surface area contributed by atoms with E-state index < -0.39 is 38.3 Å². The molecule has 0 spiro atoms. The fraction of sp³-hybridized carbons (Fsp3) is 0.417. The second kappa shape index (κ2) is 5.06. The largest absolute Gasteiger partial charge is 0.469 e. The number of nitrogens with two attached hydrogens (primary N) is 1. The number of phosphoric ester groups is 1. The summed E-state index contributed by atoms with van der Waals surface area (Å²) in [5.41, 5.74) is 5.55. The van der Waals surface area contributed by atoms with E-state index in [1.807, 2.05) is 0 Å². The van der Waals surface area contributed by atoms with Gasteiger partial charge < -0.3 is 25.4 Å². The van der Waals surface area contributed by atoms with Crippen LogP contribution in [0.2, 0.25) is 0 Å². The molecular weight excluding hydrogens is 341 g/mol. The second-order valence-corrected chi connectivity index (χ2v) is 6.86. The zero-order valence-corrected chi connectivity index (χ0v) is 13.0. The van der Waals surface area contributed by atoms with Gasteiger partial charge in [0.1, 0.15) is 17.9 Å². The molecule has 5 N–H and O–H groups in total. The van der Waals surface area contributed by atoms with E-state index in [2.05, 4.69) is 19.5 Å². The molecule has 1 saturated heterocycles. The monoisotopic (exact) mass is 355 g/mol. The van der Waals surface area contributed by atoms with E-state index in [4.69, 9.17) is 20.3 Å². The summed E-state index contributed by atoms with van der Waals surface area (Å²) in [4.78, 5) is 29.8. The molecule has 0 amide bonds. The Bertz CT molecular complexity index is 880. The maximum absolute atomic E-state index is 10.9. The quantitative estimate of drug-likeness (QED) is 0.399. The van der Waals surface area contributed by atoms with Crippen LogP contribution in [0.15, 0.2) is 24.8 Å². The number of nitrogens with zero attached hydrogens (tertiary/aromatic N) is 4. The summed E-state index contributed by atoms with van der Waals surface area (Å²) in [6.45, 7) is -0.449. The predicted octanol–water partition coefficient (Wildman–Crippen LogP) is -0.884. The van der Waals surface area contributed by atoms with Crippen LogP contribution < -0.4 is 5.73 Å². The third-order valence-corrected chi connectivity index (χ3v) is 4.74. The van der Waals surface area contributed by atoms with Crippen molar-refractivity contribution in [2.75, 3.05) is 12.3 Å². The minimum Gasteiger partial charge on any atom is -0.389 e. The molecule has 11 nitrogen and oxygen atoms in total. The minimum atomic E-state index is -4.66. The number of aliphatic hydroxyl groups is 1. The molecule has 1 fully saturated rings. The Morgan fingerprint density at radius 1 is 1.42 bits per heavy atom. The second-order valence-electron chi connectivity index (χ2n) is 5.62. The van der Waals surface area contributed by atoms with Crippen molar-refractivity contribution in [2.24, 2.45) is 5.92 Å². The van der Waals surface area contributed by atoms with Crippen molar-refractivity contribution in [3.05, 3.63) is 24.8 Å². The zero-order chi connectivity index (χ0) is 17.1.